The van der Waals surface area contributed by atoms with E-state index in [0.29, 0.717) is 6.42 Å². The van der Waals surface area contributed by atoms with Crippen molar-refractivity contribution in [3.05, 3.63) is 59.7 Å². The molecule has 0 amide bonds. The van der Waals surface area contributed by atoms with Crippen LogP contribution in [0.3, 0.4) is 0 Å². The van der Waals surface area contributed by atoms with Gasteiger partial charge in [-0.05, 0) is 48.1 Å². The second-order valence-electron chi connectivity index (χ2n) is 6.81. The second-order valence-corrected chi connectivity index (χ2v) is 6.81. The van der Waals surface area contributed by atoms with Crippen LogP contribution in [0.25, 0.3) is 11.1 Å². The van der Waals surface area contributed by atoms with Gasteiger partial charge in [-0.25, -0.2) is 0 Å². The van der Waals surface area contributed by atoms with Crippen molar-refractivity contribution in [2.24, 2.45) is 0 Å². The molecule has 1 saturated heterocycles. The number of hydrogen-bond donors (Lipinski definition) is 1. The van der Waals surface area contributed by atoms with Gasteiger partial charge in [0, 0.05) is 19.5 Å². The first-order valence-corrected chi connectivity index (χ1v) is 9.41. The first kappa shape index (κ1) is 18.6. The number of ether oxygens (including phenoxy) is 1. The van der Waals surface area contributed by atoms with Crippen LogP contribution in [0.5, 0.6) is 0 Å². The number of carboxylic acids is 1. The summed E-state index contributed by atoms with van der Waals surface area (Å²) in [7, 11) is 0. The third kappa shape index (κ3) is 5.41. The van der Waals surface area contributed by atoms with Gasteiger partial charge in [-0.2, -0.15) is 0 Å². The van der Waals surface area contributed by atoms with Crippen LogP contribution in [0.4, 0.5) is 0 Å². The van der Waals surface area contributed by atoms with Crippen molar-refractivity contribution in [1.29, 1.82) is 0 Å². The topological polar surface area (TPSA) is 49.8 Å². The molecule has 1 aliphatic heterocycles. The van der Waals surface area contributed by atoms with Crippen LogP contribution in [0.2, 0.25) is 0 Å². The Bertz CT molecular complexity index is 723. The normalized spacial score (nSPS) is 15.1. The lowest BCUT2D eigenvalue weighted by atomic mass is 9.94. The van der Waals surface area contributed by atoms with Gasteiger partial charge >= 0.3 is 5.97 Å². The van der Waals surface area contributed by atoms with E-state index in [9.17, 15) is 4.79 Å². The number of rotatable bonds is 8. The number of carboxylic acid groups (broad SMARTS) is 1. The largest absolute Gasteiger partial charge is 0.481 e. The fraction of sp³-hybridized carbons (Fsp3) is 0.409. The Kier molecular flexibility index (Phi) is 6.81. The van der Waals surface area contributed by atoms with Crippen LogP contribution in [-0.2, 0) is 22.4 Å². The van der Waals surface area contributed by atoms with E-state index >= 15 is 0 Å². The van der Waals surface area contributed by atoms with Crippen LogP contribution >= 0.6 is 0 Å². The van der Waals surface area contributed by atoms with E-state index in [1.807, 2.05) is 12.1 Å². The standard InChI is InChI=1S/C22H27NO3/c24-22(25)11-10-18-5-3-7-20(17-18)21-9-2-1-6-19(21)8-4-12-23-13-15-26-16-14-23/h1-3,5-7,9,17H,4,8,10-16H2,(H,24,25). The van der Waals surface area contributed by atoms with Crippen molar-refractivity contribution in [2.75, 3.05) is 32.8 Å². The van der Waals surface area contributed by atoms with Crippen LogP contribution in [0, 0.1) is 0 Å². The molecule has 0 atom stereocenters. The number of nitrogens with zero attached hydrogens (tertiary/aromatic N) is 1. The highest BCUT2D eigenvalue weighted by Crippen LogP contribution is 2.26. The number of benzene rings is 2. The van der Waals surface area contributed by atoms with Crippen molar-refractivity contribution >= 4 is 5.97 Å². The number of aliphatic carboxylic acids is 1. The minimum atomic E-state index is -0.751. The van der Waals surface area contributed by atoms with Crippen molar-refractivity contribution in [3.63, 3.8) is 0 Å². The third-order valence-electron chi connectivity index (χ3n) is 4.91. The molecular formula is C22H27NO3. The smallest absolute Gasteiger partial charge is 0.303 e. The molecule has 1 N–H and O–H groups in total. The quantitative estimate of drug-likeness (QED) is 0.787. The zero-order chi connectivity index (χ0) is 18.2. The summed E-state index contributed by atoms with van der Waals surface area (Å²) in [4.78, 5) is 13.3. The molecule has 0 radical (unpaired) electrons. The molecule has 2 aromatic rings. The third-order valence-corrected chi connectivity index (χ3v) is 4.91. The maximum Gasteiger partial charge on any atom is 0.303 e. The van der Waals surface area contributed by atoms with E-state index < -0.39 is 5.97 Å². The van der Waals surface area contributed by atoms with Gasteiger partial charge in [-0.15, -0.1) is 0 Å². The minimum Gasteiger partial charge on any atom is -0.481 e. The van der Waals surface area contributed by atoms with E-state index in [1.165, 1.54) is 16.7 Å². The molecule has 0 saturated carbocycles. The van der Waals surface area contributed by atoms with Crippen molar-refractivity contribution in [1.82, 2.24) is 4.90 Å². The zero-order valence-electron chi connectivity index (χ0n) is 15.2. The fourth-order valence-electron chi connectivity index (χ4n) is 3.48. The predicted molar refractivity (Wildman–Crippen MR) is 103 cm³/mol. The Morgan fingerprint density at radius 2 is 1.85 bits per heavy atom. The Balaban J connectivity index is 1.66. The zero-order valence-corrected chi connectivity index (χ0v) is 15.2. The molecular weight excluding hydrogens is 326 g/mol. The monoisotopic (exact) mass is 353 g/mol. The van der Waals surface area contributed by atoms with Crippen LogP contribution < -0.4 is 0 Å². The summed E-state index contributed by atoms with van der Waals surface area (Å²) >= 11 is 0. The highest BCUT2D eigenvalue weighted by atomic mass is 16.5. The van der Waals surface area contributed by atoms with Gasteiger partial charge in [0.2, 0.25) is 0 Å². The summed E-state index contributed by atoms with van der Waals surface area (Å²) in [6.07, 6.45) is 2.93. The number of carbonyl (C=O) groups is 1. The Hall–Kier alpha value is -2.17. The van der Waals surface area contributed by atoms with Gasteiger partial charge in [-0.1, -0.05) is 48.5 Å². The number of hydrogen-bond acceptors (Lipinski definition) is 3. The fourth-order valence-corrected chi connectivity index (χ4v) is 3.48. The molecule has 26 heavy (non-hydrogen) atoms. The van der Waals surface area contributed by atoms with E-state index in [-0.39, 0.29) is 6.42 Å². The SMILES string of the molecule is O=C(O)CCc1cccc(-c2ccccc2CCCN2CCOCC2)c1. The first-order chi connectivity index (χ1) is 12.7. The van der Waals surface area contributed by atoms with Gasteiger partial charge in [-0.3, -0.25) is 9.69 Å². The molecule has 0 spiro atoms. The number of aryl methyl sites for hydroxylation is 2. The molecule has 1 aliphatic rings. The molecule has 0 unspecified atom stereocenters. The predicted octanol–water partition coefficient (Wildman–Crippen LogP) is 3.64. The molecule has 2 aromatic carbocycles. The molecule has 0 bridgehead atoms. The lowest BCUT2D eigenvalue weighted by Gasteiger charge is -2.26. The van der Waals surface area contributed by atoms with Crippen LogP contribution in [0.1, 0.15) is 24.0 Å². The second kappa shape index (κ2) is 9.51. The van der Waals surface area contributed by atoms with Gasteiger partial charge in [0.15, 0.2) is 0 Å². The summed E-state index contributed by atoms with van der Waals surface area (Å²) in [6.45, 7) is 4.87. The van der Waals surface area contributed by atoms with Crippen molar-refractivity contribution in [3.8, 4) is 11.1 Å². The molecule has 138 valence electrons. The van der Waals surface area contributed by atoms with Gasteiger partial charge in [0.1, 0.15) is 0 Å². The Labute approximate surface area is 155 Å². The van der Waals surface area contributed by atoms with Gasteiger partial charge < -0.3 is 9.84 Å². The van der Waals surface area contributed by atoms with E-state index in [4.69, 9.17) is 9.84 Å². The molecule has 0 aromatic heterocycles. The summed E-state index contributed by atoms with van der Waals surface area (Å²) in [6, 6.07) is 16.8. The molecule has 4 nitrogen and oxygen atoms in total. The summed E-state index contributed by atoms with van der Waals surface area (Å²) < 4.78 is 5.41. The van der Waals surface area contributed by atoms with Crippen LogP contribution in [-0.4, -0.2) is 48.8 Å². The Morgan fingerprint density at radius 1 is 1.04 bits per heavy atom. The molecule has 3 rings (SSSR count). The minimum absolute atomic E-state index is 0.171. The lowest BCUT2D eigenvalue weighted by molar-refractivity contribution is -0.136. The van der Waals surface area contributed by atoms with Gasteiger partial charge in [0.05, 0.1) is 13.2 Å². The number of morpholine rings is 1. The summed E-state index contributed by atoms with van der Waals surface area (Å²) in [5, 5.41) is 8.90. The van der Waals surface area contributed by atoms with Crippen molar-refractivity contribution in [2.45, 2.75) is 25.7 Å². The van der Waals surface area contributed by atoms with E-state index in [1.54, 1.807) is 0 Å². The average Bonchev–Trinajstić information content (AvgIpc) is 2.68. The van der Waals surface area contributed by atoms with Crippen LogP contribution in [0.15, 0.2) is 48.5 Å². The first-order valence-electron chi connectivity index (χ1n) is 9.41. The molecule has 1 fully saturated rings. The highest BCUT2D eigenvalue weighted by Gasteiger charge is 2.11. The van der Waals surface area contributed by atoms with Gasteiger partial charge in [0.25, 0.3) is 0 Å². The van der Waals surface area contributed by atoms with E-state index in [2.05, 4.69) is 41.3 Å². The Morgan fingerprint density at radius 3 is 2.65 bits per heavy atom. The highest BCUT2D eigenvalue weighted by molar-refractivity contribution is 5.69. The maximum atomic E-state index is 10.8. The molecule has 1 heterocycles. The van der Waals surface area contributed by atoms with E-state index in [0.717, 1.165) is 51.3 Å². The maximum absolute atomic E-state index is 10.8. The molecule has 0 aliphatic carbocycles. The molecule has 4 heteroatoms. The van der Waals surface area contributed by atoms with Crippen molar-refractivity contribution < 1.29 is 14.6 Å². The lowest BCUT2D eigenvalue weighted by Crippen LogP contribution is -2.36. The average molecular weight is 353 g/mol. The summed E-state index contributed by atoms with van der Waals surface area (Å²) in [5.41, 5.74) is 4.87. The summed E-state index contributed by atoms with van der Waals surface area (Å²) in [5.74, 6) is -0.751.